The maximum atomic E-state index is 14.1. The molecule has 1 radical (unpaired) electrons. The fourth-order valence-electron chi connectivity index (χ4n) is 2.69. The van der Waals surface area contributed by atoms with Crippen LogP contribution in [0.3, 0.4) is 0 Å². The Labute approximate surface area is 176 Å². The number of ether oxygens (including phenoxy) is 1. The Balaban J connectivity index is 0.00000480. The number of nitrogens with zero attached hydrogens (tertiary/aromatic N) is 2. The zero-order chi connectivity index (χ0) is 22.3. The third kappa shape index (κ3) is 6.97. The van der Waals surface area contributed by atoms with Crippen LogP contribution < -0.4 is 4.74 Å². The van der Waals surface area contributed by atoms with Gasteiger partial charge in [0, 0.05) is 13.1 Å². The molecule has 2 aromatic rings. The van der Waals surface area contributed by atoms with E-state index in [1.807, 2.05) is 0 Å². The van der Waals surface area contributed by atoms with Gasteiger partial charge >= 0.3 is 5.97 Å². The predicted molar refractivity (Wildman–Crippen MR) is 112 cm³/mol. The Morgan fingerprint density at radius 1 is 1.19 bits per heavy atom. The van der Waals surface area contributed by atoms with Crippen LogP contribution in [-0.4, -0.2) is 46.4 Å². The molecule has 1 N–H and O–H groups in total. The van der Waals surface area contributed by atoms with E-state index in [-0.39, 0.29) is 17.3 Å². The predicted octanol–water partition coefficient (Wildman–Crippen LogP) is 3.85. The van der Waals surface area contributed by atoms with Crippen molar-refractivity contribution in [2.45, 2.75) is 13.0 Å². The summed E-state index contributed by atoms with van der Waals surface area (Å²) in [4.78, 5) is 25.6. The van der Waals surface area contributed by atoms with Crippen LogP contribution in [0.2, 0.25) is 0 Å². The number of carboxylic acid groups (broad SMARTS) is 1. The van der Waals surface area contributed by atoms with Crippen LogP contribution in [-0.2, 0) is 4.79 Å². The zero-order valence-corrected chi connectivity index (χ0v) is 19.3. The van der Waals surface area contributed by atoms with Crippen molar-refractivity contribution in [3.8, 4) is 5.75 Å². The van der Waals surface area contributed by atoms with E-state index in [4.69, 9.17) is 9.84 Å². The first-order valence-corrected chi connectivity index (χ1v) is 9.27. The molecule has 1 amide bonds. The Morgan fingerprint density at radius 3 is 2.39 bits per heavy atom. The molecule has 0 spiro atoms. The van der Waals surface area contributed by atoms with E-state index in [2.05, 4.69) is 20.7 Å². The van der Waals surface area contributed by atoms with Crippen LogP contribution in [0.15, 0.2) is 55.1 Å². The molecular formula is C23H25FLrN2O4-2. The van der Waals surface area contributed by atoms with Crippen molar-refractivity contribution >= 4 is 11.9 Å². The fraction of sp³-hybridized carbons (Fsp3) is 0.217. The minimum absolute atomic E-state index is 0. The molecule has 175 valence electrons. The molecule has 0 bridgehead atoms. The standard InChI is InChI=1S/C23H25FN2O4.Lr/c1-5-22(27)26(4)13-12-25(3)15-21(18-7-6-16(2)20(24)14-18)30-19-10-8-17(9-11-19)23(28)29;/h5-11,14,21H,1,3-4,12-13,15H2,2H3,(H,28,29);/q-2;/t21-;/m0./s1. The first-order valence-electron chi connectivity index (χ1n) is 9.27. The van der Waals surface area contributed by atoms with Gasteiger partial charge in [-0.3, -0.25) is 18.9 Å². The van der Waals surface area contributed by atoms with E-state index in [9.17, 15) is 14.0 Å². The van der Waals surface area contributed by atoms with E-state index in [1.165, 1.54) is 29.2 Å². The summed E-state index contributed by atoms with van der Waals surface area (Å²) < 4.78 is 20.2. The van der Waals surface area contributed by atoms with Gasteiger partial charge in [0.15, 0.2) is 0 Å². The number of rotatable bonds is 10. The Kier molecular flexibility index (Phi) is 8.91. The summed E-state index contributed by atoms with van der Waals surface area (Å²) in [6.45, 7) is 6.14. The van der Waals surface area contributed by atoms with Crippen molar-refractivity contribution in [3.05, 3.63) is 91.7 Å². The fourth-order valence-corrected chi connectivity index (χ4v) is 2.69. The van der Waals surface area contributed by atoms with Crippen molar-refractivity contribution in [1.82, 2.24) is 9.80 Å². The van der Waals surface area contributed by atoms with Gasteiger partial charge in [-0.2, -0.15) is 0 Å². The number of carboxylic acids is 1. The molecule has 0 unspecified atom stereocenters. The van der Waals surface area contributed by atoms with Gasteiger partial charge < -0.3 is 19.6 Å². The summed E-state index contributed by atoms with van der Waals surface area (Å²) in [6.07, 6.45) is 0.615. The van der Waals surface area contributed by atoms with Gasteiger partial charge in [-0.25, -0.2) is 9.18 Å². The summed E-state index contributed by atoms with van der Waals surface area (Å²) in [5.74, 6) is -1.23. The minimum Gasteiger partial charge on any atom is -0.491 e. The van der Waals surface area contributed by atoms with E-state index >= 15 is 0 Å². The number of hydrogen-bond donors (Lipinski definition) is 1. The summed E-state index contributed by atoms with van der Waals surface area (Å²) in [6, 6.07) is 10.8. The second-order valence-corrected chi connectivity index (χ2v) is 6.83. The maximum Gasteiger partial charge on any atom is 0.335 e. The van der Waals surface area contributed by atoms with Crippen LogP contribution in [0, 0.1) is 26.8 Å². The summed E-state index contributed by atoms with van der Waals surface area (Å²) in [7, 11) is 7.63. The van der Waals surface area contributed by atoms with Crippen LogP contribution >= 0.6 is 0 Å². The van der Waals surface area contributed by atoms with E-state index in [1.54, 1.807) is 36.1 Å². The van der Waals surface area contributed by atoms with Crippen molar-refractivity contribution in [3.63, 3.8) is 0 Å². The van der Waals surface area contributed by atoms with E-state index < -0.39 is 12.1 Å². The van der Waals surface area contributed by atoms with Crippen molar-refractivity contribution < 1.29 is 23.8 Å². The molecule has 0 saturated heterocycles. The van der Waals surface area contributed by atoms with Gasteiger partial charge in [0.25, 0.3) is 0 Å². The molecular weight excluding hydrogens is 649 g/mol. The van der Waals surface area contributed by atoms with Gasteiger partial charge in [-0.15, -0.1) is 0 Å². The first kappa shape index (κ1) is 24.8. The molecule has 31 heavy (non-hydrogen) atoms. The Bertz CT molecular complexity index is 905. The number of halogens is 1. The number of benzene rings is 2. The summed E-state index contributed by atoms with van der Waals surface area (Å²) in [5.41, 5.74) is 1.27. The normalized spacial score (nSPS) is 11.4. The monoisotopic (exact) mass is 674 g/mol. The molecule has 8 heteroatoms. The summed E-state index contributed by atoms with van der Waals surface area (Å²) >= 11 is 0. The third-order valence-electron chi connectivity index (χ3n) is 4.54. The molecule has 2 aromatic carbocycles. The van der Waals surface area contributed by atoms with Gasteiger partial charge in [0.05, 0.1) is 5.56 Å². The second-order valence-electron chi connectivity index (χ2n) is 6.83. The molecule has 0 aliphatic heterocycles. The SMILES string of the molecule is C=CC(=O)N([CH2-])CCN([CH2-])C[C@H](Oc1ccc(C(=O)O)cc1)c1ccc(C)c(F)c1.[Lr]. The minimum atomic E-state index is -1.03. The molecule has 0 saturated carbocycles. The van der Waals surface area contributed by atoms with Gasteiger partial charge in [-0.1, -0.05) is 18.7 Å². The molecule has 2 rings (SSSR count). The van der Waals surface area contributed by atoms with Gasteiger partial charge in [0.1, 0.15) is 17.7 Å². The number of aryl methyl sites for hydroxylation is 1. The van der Waals surface area contributed by atoms with Gasteiger partial charge in [-0.05, 0) is 61.0 Å². The van der Waals surface area contributed by atoms with Crippen molar-refractivity contribution in [1.29, 1.82) is 0 Å². The molecule has 0 aliphatic carbocycles. The van der Waals surface area contributed by atoms with Crippen LogP contribution in [0.4, 0.5) is 4.39 Å². The number of hydrogen-bond acceptors (Lipinski definition) is 4. The molecule has 1 atom stereocenters. The zero-order valence-electron chi connectivity index (χ0n) is 17.1. The largest absolute Gasteiger partial charge is 0.491 e. The van der Waals surface area contributed by atoms with E-state index in [0.29, 0.717) is 36.5 Å². The first-order chi connectivity index (χ1) is 14.2. The number of carbonyl (C=O) groups is 2. The number of amides is 1. The molecule has 0 heterocycles. The van der Waals surface area contributed by atoms with E-state index in [0.717, 1.165) is 0 Å². The topological polar surface area (TPSA) is 70.1 Å². The quantitative estimate of drug-likeness (QED) is 0.307. The average molecular weight is 674 g/mol. The van der Waals surface area contributed by atoms with Gasteiger partial charge in [0.2, 0.25) is 5.91 Å². The summed E-state index contributed by atoms with van der Waals surface area (Å²) in [5, 5.41) is 9.04. The average Bonchev–Trinajstić information content (AvgIpc) is 2.73. The molecule has 0 aromatic heterocycles. The molecule has 0 fully saturated rings. The van der Waals surface area contributed by atoms with Crippen LogP contribution in [0.25, 0.3) is 0 Å². The Morgan fingerprint density at radius 2 is 1.84 bits per heavy atom. The second kappa shape index (κ2) is 11.1. The van der Waals surface area contributed by atoms with Crippen molar-refractivity contribution in [2.75, 3.05) is 19.6 Å². The van der Waals surface area contributed by atoms with Crippen LogP contribution in [0.1, 0.15) is 27.6 Å². The molecule has 0 aliphatic rings. The Hall–Kier alpha value is -4.19. The third-order valence-corrected chi connectivity index (χ3v) is 4.54. The number of carbonyl (C=O) groups excluding carboxylic acids is 1. The van der Waals surface area contributed by atoms with Crippen LogP contribution in [0.5, 0.6) is 5.75 Å². The molecule has 6 nitrogen and oxygen atoms in total. The van der Waals surface area contributed by atoms with Crippen molar-refractivity contribution in [2.24, 2.45) is 0 Å². The maximum absolute atomic E-state index is 14.1. The number of aromatic carboxylic acids is 1. The smallest absolute Gasteiger partial charge is 0.335 e.